The first-order valence-corrected chi connectivity index (χ1v) is 13.7. The summed E-state index contributed by atoms with van der Waals surface area (Å²) in [7, 11) is 1.66. The van der Waals surface area contributed by atoms with Crippen LogP contribution in [0.5, 0.6) is 0 Å². The predicted molar refractivity (Wildman–Crippen MR) is 122 cm³/mol. The Labute approximate surface area is 175 Å². The Morgan fingerprint density at radius 3 is 2.54 bits per heavy atom. The van der Waals surface area contributed by atoms with Crippen LogP contribution in [0.1, 0.15) is 39.5 Å². The van der Waals surface area contributed by atoms with E-state index in [-0.39, 0.29) is 0 Å². The van der Waals surface area contributed by atoms with E-state index in [4.69, 9.17) is 37.0 Å². The number of hydrogen-bond donors (Lipinski definition) is 0. The van der Waals surface area contributed by atoms with E-state index >= 15 is 0 Å². The average molecular weight is 457 g/mol. The summed E-state index contributed by atoms with van der Waals surface area (Å²) in [5.74, 6) is 0.950. The topological polar surface area (TPSA) is 43.2 Å². The van der Waals surface area contributed by atoms with Crippen LogP contribution < -0.4 is 0 Å². The zero-order valence-electron chi connectivity index (χ0n) is 15.7. The summed E-state index contributed by atoms with van der Waals surface area (Å²) < 4.78 is 16.6. The third-order valence-electron chi connectivity index (χ3n) is 3.21. The maximum Gasteiger partial charge on any atom is 0.279 e. The summed E-state index contributed by atoms with van der Waals surface area (Å²) in [5.41, 5.74) is 0.629. The molecule has 0 saturated carbocycles. The highest BCUT2D eigenvalue weighted by molar-refractivity contribution is 8.56. The molecule has 1 aromatic carbocycles. The van der Waals surface area contributed by atoms with Crippen molar-refractivity contribution in [3.8, 4) is 0 Å². The molecule has 1 rings (SSSR count). The van der Waals surface area contributed by atoms with Crippen molar-refractivity contribution in [2.45, 2.75) is 39.5 Å². The van der Waals surface area contributed by atoms with Gasteiger partial charge in [0, 0.05) is 17.9 Å². The van der Waals surface area contributed by atoms with Crippen LogP contribution in [0.25, 0.3) is 0 Å². The molecule has 0 heterocycles. The van der Waals surface area contributed by atoms with Gasteiger partial charge in [-0.3, -0.25) is 0 Å². The van der Waals surface area contributed by atoms with E-state index in [1.807, 2.05) is 6.26 Å². The molecule has 1 aromatic rings. The van der Waals surface area contributed by atoms with Crippen molar-refractivity contribution in [3.63, 3.8) is 0 Å². The molecule has 0 amide bonds. The normalized spacial score (nSPS) is 14.3. The van der Waals surface area contributed by atoms with Gasteiger partial charge in [-0.05, 0) is 37.3 Å². The van der Waals surface area contributed by atoms with E-state index in [1.165, 1.54) is 24.6 Å². The van der Waals surface area contributed by atoms with Gasteiger partial charge in [0.2, 0.25) is 0 Å². The minimum atomic E-state index is -2.45. The van der Waals surface area contributed by atoms with E-state index in [1.54, 1.807) is 36.7 Å². The Morgan fingerprint density at radius 2 is 1.96 bits per heavy atom. The summed E-state index contributed by atoms with van der Waals surface area (Å²) >= 11 is 15.3. The minimum absolute atomic E-state index is 0.491. The number of thioether (sulfide) groups is 1. The second kappa shape index (κ2) is 13.5. The van der Waals surface area contributed by atoms with Gasteiger partial charge in [-0.2, -0.15) is 4.74 Å². The smallest absolute Gasteiger partial charge is 0.279 e. The third kappa shape index (κ3) is 8.55. The van der Waals surface area contributed by atoms with Gasteiger partial charge in [0.15, 0.2) is 5.17 Å². The summed E-state index contributed by atoms with van der Waals surface area (Å²) in [6, 6.07) is 5.21. The lowest BCUT2D eigenvalue weighted by molar-refractivity contribution is 0.287. The fraction of sp³-hybridized carbons (Fsp3) is 0.588. The number of hydrogen-bond acceptors (Lipinski definition) is 5. The number of benzene rings is 1. The van der Waals surface area contributed by atoms with Crippen molar-refractivity contribution in [2.75, 3.05) is 25.7 Å². The average Bonchev–Trinajstić information content (AvgIpc) is 2.64. The van der Waals surface area contributed by atoms with Gasteiger partial charge in [0.1, 0.15) is 0 Å². The molecule has 4 nitrogen and oxygen atoms in total. The van der Waals surface area contributed by atoms with Crippen LogP contribution in [0.15, 0.2) is 27.9 Å². The highest BCUT2D eigenvalue weighted by atomic mass is 35.5. The standard InChI is InChI=1S/C17H27Cl2N2O2PS2/c1-5-7-8-12-26-24(22-3,23-11-6-2)21-17(25-4)20-16-10-9-14(18)13-15(16)19/h9-10,13H,5-8,11-12H2,1-4H3. The van der Waals surface area contributed by atoms with E-state index in [9.17, 15) is 0 Å². The van der Waals surface area contributed by atoms with Crippen LogP contribution in [0.4, 0.5) is 5.69 Å². The molecule has 148 valence electrons. The largest absolute Gasteiger partial charge is 0.319 e. The molecular weight excluding hydrogens is 430 g/mol. The molecule has 9 heteroatoms. The maximum absolute atomic E-state index is 6.24. The summed E-state index contributed by atoms with van der Waals surface area (Å²) in [4.78, 5) is 4.58. The van der Waals surface area contributed by atoms with Crippen molar-refractivity contribution >= 4 is 63.9 Å². The molecule has 1 unspecified atom stereocenters. The molecule has 0 aromatic heterocycles. The summed E-state index contributed by atoms with van der Waals surface area (Å²) in [6.07, 6.45) is 6.32. The molecular formula is C17H27Cl2N2O2PS2. The van der Waals surface area contributed by atoms with Crippen LogP contribution in [0.2, 0.25) is 10.0 Å². The molecule has 0 aliphatic rings. The van der Waals surface area contributed by atoms with Crippen molar-refractivity contribution < 1.29 is 9.05 Å². The first-order chi connectivity index (χ1) is 12.5. The zero-order chi connectivity index (χ0) is 19.4. The Hall–Kier alpha value is 0.320. The quantitative estimate of drug-likeness (QED) is 0.153. The number of unbranched alkanes of at least 4 members (excludes halogenated alkanes) is 2. The molecule has 0 fully saturated rings. The molecule has 0 radical (unpaired) electrons. The lowest BCUT2D eigenvalue weighted by atomic mass is 10.3. The highest BCUT2D eigenvalue weighted by Gasteiger charge is 2.22. The van der Waals surface area contributed by atoms with Crippen LogP contribution in [0.3, 0.4) is 0 Å². The lowest BCUT2D eigenvalue weighted by Gasteiger charge is -2.21. The third-order valence-corrected chi connectivity index (χ3v) is 9.17. The van der Waals surface area contributed by atoms with Crippen LogP contribution >= 0.6 is 53.1 Å². The number of aliphatic imine (C=N–C) groups is 1. The van der Waals surface area contributed by atoms with Crippen molar-refractivity contribution in [1.82, 2.24) is 0 Å². The van der Waals surface area contributed by atoms with Crippen molar-refractivity contribution in [3.05, 3.63) is 28.2 Å². The summed E-state index contributed by atoms with van der Waals surface area (Å²) in [5, 5.41) is 1.65. The zero-order valence-corrected chi connectivity index (χ0v) is 19.7. The molecule has 1 atom stereocenters. The van der Waals surface area contributed by atoms with Gasteiger partial charge in [-0.1, -0.05) is 73.0 Å². The monoisotopic (exact) mass is 456 g/mol. The Morgan fingerprint density at radius 1 is 1.19 bits per heavy atom. The van der Waals surface area contributed by atoms with Gasteiger partial charge in [0.25, 0.3) is 6.71 Å². The first-order valence-electron chi connectivity index (χ1n) is 8.55. The molecule has 0 aliphatic carbocycles. The van der Waals surface area contributed by atoms with Crippen LogP contribution in [0, 0.1) is 0 Å². The van der Waals surface area contributed by atoms with Crippen LogP contribution in [-0.2, 0) is 9.05 Å². The number of rotatable bonds is 10. The Bertz CT molecular complexity index is 645. The maximum atomic E-state index is 6.24. The van der Waals surface area contributed by atoms with E-state index in [0.717, 1.165) is 18.6 Å². The van der Waals surface area contributed by atoms with Gasteiger partial charge >= 0.3 is 0 Å². The number of halogens is 2. The van der Waals surface area contributed by atoms with Gasteiger partial charge in [-0.15, -0.1) is 0 Å². The second-order valence-corrected chi connectivity index (χ2v) is 11.5. The van der Waals surface area contributed by atoms with E-state index < -0.39 is 6.71 Å². The minimum Gasteiger partial charge on any atom is -0.319 e. The summed E-state index contributed by atoms with van der Waals surface area (Å²) in [6.45, 7) is 2.42. The van der Waals surface area contributed by atoms with Gasteiger partial charge in [-0.25, -0.2) is 4.99 Å². The second-order valence-electron chi connectivity index (χ2n) is 5.32. The lowest BCUT2D eigenvalue weighted by Crippen LogP contribution is -1.96. The number of amidine groups is 1. The van der Waals surface area contributed by atoms with Gasteiger partial charge < -0.3 is 9.05 Å². The molecule has 0 bridgehead atoms. The van der Waals surface area contributed by atoms with E-state index in [0.29, 0.717) is 27.5 Å². The SMILES string of the molecule is CCCCCSP(=NC(=Nc1ccc(Cl)cc1Cl)SC)(OC)OCCC. The first kappa shape index (κ1) is 24.4. The Kier molecular flexibility index (Phi) is 12.6. The molecule has 0 aliphatic heterocycles. The highest BCUT2D eigenvalue weighted by Crippen LogP contribution is 2.64. The van der Waals surface area contributed by atoms with Crippen molar-refractivity contribution in [2.24, 2.45) is 9.74 Å². The molecule has 0 N–H and O–H groups in total. The molecule has 0 spiro atoms. The fourth-order valence-corrected chi connectivity index (χ4v) is 7.28. The van der Waals surface area contributed by atoms with Crippen molar-refractivity contribution in [1.29, 1.82) is 0 Å². The Balaban J connectivity index is 3.16. The molecule has 26 heavy (non-hydrogen) atoms. The van der Waals surface area contributed by atoms with E-state index in [2.05, 4.69) is 18.8 Å². The predicted octanol–water partition coefficient (Wildman–Crippen LogP) is 8.29. The fourth-order valence-electron chi connectivity index (χ4n) is 1.87. The molecule has 0 saturated heterocycles. The number of nitrogens with zero attached hydrogens (tertiary/aromatic N) is 2. The van der Waals surface area contributed by atoms with Gasteiger partial charge in [0.05, 0.1) is 17.3 Å². The van der Waals surface area contributed by atoms with Crippen LogP contribution in [-0.4, -0.2) is 30.9 Å².